The minimum atomic E-state index is -0.0919. The van der Waals surface area contributed by atoms with Gasteiger partial charge in [0.1, 0.15) is 11.3 Å². The molecule has 1 fully saturated rings. The number of amides is 1. The van der Waals surface area contributed by atoms with E-state index >= 15 is 0 Å². The maximum Gasteiger partial charge on any atom is 0.289 e. The molecule has 1 aliphatic heterocycles. The fourth-order valence-corrected chi connectivity index (χ4v) is 4.06. The third-order valence-corrected chi connectivity index (χ3v) is 5.37. The van der Waals surface area contributed by atoms with Gasteiger partial charge in [0.25, 0.3) is 11.1 Å². The van der Waals surface area contributed by atoms with Crippen molar-refractivity contribution < 1.29 is 18.4 Å². The third kappa shape index (κ3) is 3.89. The molecule has 27 heavy (non-hydrogen) atoms. The Morgan fingerprint density at radius 3 is 2.70 bits per heavy atom. The van der Waals surface area contributed by atoms with E-state index in [0.29, 0.717) is 29.8 Å². The highest BCUT2D eigenvalue weighted by molar-refractivity contribution is 7.98. The van der Waals surface area contributed by atoms with Crippen LogP contribution in [0.1, 0.15) is 35.7 Å². The number of ether oxygens (including phenoxy) is 1. The topological polar surface area (TPSA) is 68.7 Å². The van der Waals surface area contributed by atoms with Crippen LogP contribution in [-0.4, -0.2) is 41.1 Å². The molecule has 1 aliphatic rings. The zero-order valence-corrected chi connectivity index (χ0v) is 16.4. The van der Waals surface area contributed by atoms with Crippen molar-refractivity contribution in [3.8, 4) is 0 Å². The number of hydrogen-bond donors (Lipinski definition) is 0. The average Bonchev–Trinajstić information content (AvgIpc) is 3.26. The van der Waals surface area contributed by atoms with E-state index in [0.717, 1.165) is 22.4 Å². The molecule has 1 amide bonds. The second-order valence-corrected chi connectivity index (χ2v) is 7.85. The standard InChI is InChI=1S/C20H22N2O4S/c1-12-5-4-6-16-18(12)21-20(26-16)27-11-15-7-8-17(25-15)19(23)22-9-13(2)24-14(3)10-22/h4-8,13-14H,9-11H2,1-3H3. The van der Waals surface area contributed by atoms with Crippen LogP contribution in [-0.2, 0) is 10.5 Å². The first-order valence-electron chi connectivity index (χ1n) is 9.02. The molecule has 2 unspecified atom stereocenters. The van der Waals surface area contributed by atoms with Gasteiger partial charge in [-0.3, -0.25) is 4.79 Å². The predicted octanol–water partition coefficient (Wildman–Crippen LogP) is 4.27. The summed E-state index contributed by atoms with van der Waals surface area (Å²) in [6.45, 7) is 7.12. The number of para-hydroxylation sites is 1. The molecule has 2 aromatic heterocycles. The summed E-state index contributed by atoms with van der Waals surface area (Å²) in [5.41, 5.74) is 2.75. The molecule has 0 saturated carbocycles. The summed E-state index contributed by atoms with van der Waals surface area (Å²) < 4.78 is 17.2. The number of aryl methyl sites for hydroxylation is 1. The van der Waals surface area contributed by atoms with Gasteiger partial charge in [-0.05, 0) is 44.5 Å². The first-order valence-corrected chi connectivity index (χ1v) is 10.0. The van der Waals surface area contributed by atoms with Gasteiger partial charge >= 0.3 is 0 Å². The summed E-state index contributed by atoms with van der Waals surface area (Å²) in [6.07, 6.45) is 0.0654. The molecule has 0 N–H and O–H groups in total. The van der Waals surface area contributed by atoms with Crippen LogP contribution in [0.5, 0.6) is 0 Å². The van der Waals surface area contributed by atoms with Gasteiger partial charge in [-0.25, -0.2) is 4.98 Å². The average molecular weight is 386 g/mol. The highest BCUT2D eigenvalue weighted by atomic mass is 32.2. The van der Waals surface area contributed by atoms with Gasteiger partial charge in [0, 0.05) is 13.1 Å². The van der Waals surface area contributed by atoms with Crippen molar-refractivity contribution in [3.05, 3.63) is 47.4 Å². The van der Waals surface area contributed by atoms with Crippen molar-refractivity contribution in [2.45, 2.75) is 44.0 Å². The summed E-state index contributed by atoms with van der Waals surface area (Å²) in [6, 6.07) is 9.44. The lowest BCUT2D eigenvalue weighted by Crippen LogP contribution is -2.48. The number of nitrogens with zero attached hydrogens (tertiary/aromatic N) is 2. The van der Waals surface area contributed by atoms with Crippen LogP contribution in [0.3, 0.4) is 0 Å². The minimum absolute atomic E-state index is 0.0327. The van der Waals surface area contributed by atoms with Gasteiger partial charge in [0.2, 0.25) is 0 Å². The number of rotatable bonds is 4. The second kappa shape index (κ2) is 7.40. The van der Waals surface area contributed by atoms with E-state index in [-0.39, 0.29) is 18.1 Å². The number of furan rings is 1. The Labute approximate surface area is 161 Å². The normalized spacial score (nSPS) is 20.3. The Morgan fingerprint density at radius 2 is 1.96 bits per heavy atom. The van der Waals surface area contributed by atoms with E-state index in [1.165, 1.54) is 11.8 Å². The Balaban J connectivity index is 1.41. The van der Waals surface area contributed by atoms with E-state index in [1.807, 2.05) is 45.0 Å². The SMILES string of the molecule is Cc1cccc2oc(SCc3ccc(C(=O)N4CC(C)OC(C)C4)o3)nc12. The number of thioether (sulfide) groups is 1. The number of carbonyl (C=O) groups is 1. The van der Waals surface area contributed by atoms with Crippen LogP contribution in [0.15, 0.2) is 44.4 Å². The summed E-state index contributed by atoms with van der Waals surface area (Å²) in [4.78, 5) is 19.0. The summed E-state index contributed by atoms with van der Waals surface area (Å²) in [7, 11) is 0. The number of fused-ring (bicyclic) bond motifs is 1. The number of oxazole rings is 1. The molecule has 4 rings (SSSR count). The van der Waals surface area contributed by atoms with Gasteiger partial charge in [-0.15, -0.1) is 0 Å². The van der Waals surface area contributed by atoms with E-state index in [1.54, 1.807) is 11.0 Å². The highest BCUT2D eigenvalue weighted by Gasteiger charge is 2.28. The van der Waals surface area contributed by atoms with Gasteiger partial charge in [0.15, 0.2) is 11.3 Å². The van der Waals surface area contributed by atoms with Crippen molar-refractivity contribution in [1.82, 2.24) is 9.88 Å². The molecule has 2 atom stereocenters. The van der Waals surface area contributed by atoms with Crippen molar-refractivity contribution in [3.63, 3.8) is 0 Å². The molecule has 0 spiro atoms. The molecular weight excluding hydrogens is 364 g/mol. The van der Waals surface area contributed by atoms with Crippen LogP contribution in [0.2, 0.25) is 0 Å². The highest BCUT2D eigenvalue weighted by Crippen LogP contribution is 2.28. The third-order valence-electron chi connectivity index (χ3n) is 4.52. The van der Waals surface area contributed by atoms with E-state index in [2.05, 4.69) is 4.98 Å². The van der Waals surface area contributed by atoms with Crippen LogP contribution in [0.4, 0.5) is 0 Å². The molecule has 3 aromatic rings. The Bertz CT molecular complexity index is 954. The van der Waals surface area contributed by atoms with Gasteiger partial charge in [0.05, 0.1) is 18.0 Å². The number of aromatic nitrogens is 1. The lowest BCUT2D eigenvalue weighted by molar-refractivity contribution is -0.0592. The largest absolute Gasteiger partial charge is 0.455 e. The van der Waals surface area contributed by atoms with E-state index < -0.39 is 0 Å². The second-order valence-electron chi connectivity index (χ2n) is 6.92. The van der Waals surface area contributed by atoms with Gasteiger partial charge in [-0.1, -0.05) is 23.9 Å². The smallest absolute Gasteiger partial charge is 0.289 e. The molecule has 6 nitrogen and oxygen atoms in total. The lowest BCUT2D eigenvalue weighted by atomic mass is 10.2. The number of benzene rings is 1. The Morgan fingerprint density at radius 1 is 1.19 bits per heavy atom. The van der Waals surface area contributed by atoms with Crippen LogP contribution in [0.25, 0.3) is 11.1 Å². The predicted molar refractivity (Wildman–Crippen MR) is 103 cm³/mol. The number of carbonyl (C=O) groups excluding carboxylic acids is 1. The van der Waals surface area contributed by atoms with Crippen molar-refractivity contribution in [1.29, 1.82) is 0 Å². The van der Waals surface area contributed by atoms with E-state index in [4.69, 9.17) is 13.6 Å². The van der Waals surface area contributed by atoms with Crippen molar-refractivity contribution >= 4 is 28.8 Å². The monoisotopic (exact) mass is 386 g/mol. The zero-order chi connectivity index (χ0) is 19.0. The quantitative estimate of drug-likeness (QED) is 0.624. The molecule has 7 heteroatoms. The van der Waals surface area contributed by atoms with Gasteiger partial charge in [-0.2, -0.15) is 0 Å². The van der Waals surface area contributed by atoms with E-state index in [9.17, 15) is 4.79 Å². The molecule has 1 saturated heterocycles. The van der Waals surface area contributed by atoms with Gasteiger partial charge < -0.3 is 18.5 Å². The summed E-state index contributed by atoms with van der Waals surface area (Å²) >= 11 is 1.45. The molecule has 3 heterocycles. The van der Waals surface area contributed by atoms with Crippen molar-refractivity contribution in [2.75, 3.05) is 13.1 Å². The molecular formula is C20H22N2O4S. The number of hydrogen-bond acceptors (Lipinski definition) is 6. The van der Waals surface area contributed by atoms with Crippen molar-refractivity contribution in [2.24, 2.45) is 0 Å². The zero-order valence-electron chi connectivity index (χ0n) is 15.6. The molecule has 142 valence electrons. The lowest BCUT2D eigenvalue weighted by Gasteiger charge is -2.34. The molecule has 0 aliphatic carbocycles. The minimum Gasteiger partial charge on any atom is -0.455 e. The molecule has 0 radical (unpaired) electrons. The molecule has 0 bridgehead atoms. The number of morpholine rings is 1. The maximum absolute atomic E-state index is 12.7. The van der Waals surface area contributed by atoms with Crippen LogP contribution >= 0.6 is 11.8 Å². The Kier molecular flexibility index (Phi) is 4.97. The molecule has 1 aromatic carbocycles. The summed E-state index contributed by atoms with van der Waals surface area (Å²) in [5.74, 6) is 1.54. The van der Waals surface area contributed by atoms with Crippen LogP contribution < -0.4 is 0 Å². The Hall–Kier alpha value is -2.25. The first-order chi connectivity index (χ1) is 13.0. The fourth-order valence-electron chi connectivity index (χ4n) is 3.33. The first kappa shape index (κ1) is 18.1. The summed E-state index contributed by atoms with van der Waals surface area (Å²) in [5, 5.41) is 0.597. The fraction of sp³-hybridized carbons (Fsp3) is 0.400. The van der Waals surface area contributed by atoms with Crippen LogP contribution in [0, 0.1) is 6.92 Å². The maximum atomic E-state index is 12.7.